The van der Waals surface area contributed by atoms with Crippen LogP contribution in [0.5, 0.6) is 0 Å². The van der Waals surface area contributed by atoms with E-state index in [1.165, 1.54) is 19.3 Å². The Morgan fingerprint density at radius 2 is 1.89 bits per heavy atom. The Morgan fingerprint density at radius 3 is 2.44 bits per heavy atom. The van der Waals surface area contributed by atoms with Crippen LogP contribution in [-0.2, 0) is 9.59 Å². The average molecular weight is 250 g/mol. The van der Waals surface area contributed by atoms with E-state index in [0.29, 0.717) is 12.8 Å². The molecule has 100 valence electrons. The number of hydrogen-bond acceptors (Lipinski definition) is 3. The number of amides is 2. The third-order valence-corrected chi connectivity index (χ3v) is 4.86. The quantitative estimate of drug-likeness (QED) is 0.717. The smallest absolute Gasteiger partial charge is 0.229 e. The third kappa shape index (κ3) is 1.96. The SMILES string of the molecule is CC1CC(=O)N(C2CCNC3(CCC3)C2)C(=O)C1. The van der Waals surface area contributed by atoms with E-state index in [1.54, 1.807) is 4.90 Å². The number of imide groups is 1. The monoisotopic (exact) mass is 250 g/mol. The molecule has 2 aliphatic heterocycles. The second-order valence-corrected chi connectivity index (χ2v) is 6.38. The lowest BCUT2D eigenvalue weighted by Crippen LogP contribution is -2.62. The Bertz CT molecular complexity index is 358. The van der Waals surface area contributed by atoms with Gasteiger partial charge in [0.25, 0.3) is 0 Å². The maximum atomic E-state index is 12.1. The van der Waals surface area contributed by atoms with Crippen LogP contribution in [-0.4, -0.2) is 34.8 Å². The molecule has 4 nitrogen and oxygen atoms in total. The number of nitrogens with zero attached hydrogens (tertiary/aromatic N) is 1. The van der Waals surface area contributed by atoms with Crippen LogP contribution >= 0.6 is 0 Å². The molecule has 1 aliphatic carbocycles. The zero-order valence-corrected chi connectivity index (χ0v) is 11.1. The van der Waals surface area contributed by atoms with Crippen LogP contribution in [0.3, 0.4) is 0 Å². The fourth-order valence-corrected chi connectivity index (χ4v) is 3.75. The number of carbonyl (C=O) groups is 2. The molecule has 2 amide bonds. The van der Waals surface area contributed by atoms with Gasteiger partial charge in [-0.1, -0.05) is 6.92 Å². The summed E-state index contributed by atoms with van der Waals surface area (Å²) in [5, 5.41) is 3.59. The van der Waals surface area contributed by atoms with Crippen molar-refractivity contribution in [2.24, 2.45) is 5.92 Å². The Kier molecular flexibility index (Phi) is 2.93. The van der Waals surface area contributed by atoms with Gasteiger partial charge in [-0.2, -0.15) is 0 Å². The molecule has 2 saturated heterocycles. The first kappa shape index (κ1) is 12.2. The highest BCUT2D eigenvalue weighted by atomic mass is 16.2. The summed E-state index contributed by atoms with van der Waals surface area (Å²) in [6, 6.07) is 0.152. The Hall–Kier alpha value is -0.900. The molecule has 1 atom stereocenters. The van der Waals surface area contributed by atoms with Crippen molar-refractivity contribution in [3.8, 4) is 0 Å². The van der Waals surface area contributed by atoms with Crippen molar-refractivity contribution in [2.45, 2.75) is 63.5 Å². The minimum atomic E-state index is 0.0557. The average Bonchev–Trinajstić information content (AvgIpc) is 2.26. The van der Waals surface area contributed by atoms with Gasteiger partial charge in [0.15, 0.2) is 0 Å². The van der Waals surface area contributed by atoms with Gasteiger partial charge in [-0.3, -0.25) is 14.5 Å². The second-order valence-electron chi connectivity index (χ2n) is 6.38. The zero-order valence-electron chi connectivity index (χ0n) is 11.1. The third-order valence-electron chi connectivity index (χ3n) is 4.86. The minimum Gasteiger partial charge on any atom is -0.311 e. The number of carbonyl (C=O) groups excluding carboxylic acids is 2. The molecule has 18 heavy (non-hydrogen) atoms. The van der Waals surface area contributed by atoms with E-state index in [9.17, 15) is 9.59 Å². The summed E-state index contributed by atoms with van der Waals surface area (Å²) in [6.45, 7) is 2.93. The standard InChI is InChI=1S/C14H22N2O2/c1-10-7-12(17)16(13(18)8-10)11-3-6-15-14(9-11)4-2-5-14/h10-11,15H,2-9H2,1H3. The number of piperidine rings is 2. The molecule has 0 aromatic heterocycles. The van der Waals surface area contributed by atoms with Gasteiger partial charge in [0.05, 0.1) is 0 Å². The first-order valence-electron chi connectivity index (χ1n) is 7.20. The van der Waals surface area contributed by atoms with Gasteiger partial charge in [-0.25, -0.2) is 0 Å². The predicted octanol–water partition coefficient (Wildman–Crippen LogP) is 1.45. The van der Waals surface area contributed by atoms with Gasteiger partial charge in [0, 0.05) is 24.4 Å². The molecule has 3 rings (SSSR count). The van der Waals surface area contributed by atoms with Crippen LogP contribution in [0.15, 0.2) is 0 Å². The molecule has 2 heterocycles. The van der Waals surface area contributed by atoms with Crippen molar-refractivity contribution in [1.82, 2.24) is 10.2 Å². The second kappa shape index (κ2) is 4.34. The largest absolute Gasteiger partial charge is 0.311 e. The molecular weight excluding hydrogens is 228 g/mol. The Labute approximate surface area is 108 Å². The van der Waals surface area contributed by atoms with Gasteiger partial charge in [0.2, 0.25) is 11.8 Å². The van der Waals surface area contributed by atoms with Crippen molar-refractivity contribution in [1.29, 1.82) is 0 Å². The summed E-state index contributed by atoms with van der Waals surface area (Å²) in [5.41, 5.74) is 0.243. The lowest BCUT2D eigenvalue weighted by molar-refractivity contribution is -0.154. The van der Waals surface area contributed by atoms with Crippen molar-refractivity contribution in [3.05, 3.63) is 0 Å². The lowest BCUT2D eigenvalue weighted by Gasteiger charge is -2.50. The van der Waals surface area contributed by atoms with Gasteiger partial charge in [0.1, 0.15) is 0 Å². The summed E-state index contributed by atoms with van der Waals surface area (Å²) in [6.07, 6.45) is 6.67. The Balaban J connectivity index is 1.73. The molecule has 1 N–H and O–H groups in total. The first-order valence-corrected chi connectivity index (χ1v) is 7.20. The summed E-state index contributed by atoms with van der Waals surface area (Å²) in [5.74, 6) is 0.334. The maximum Gasteiger partial charge on any atom is 0.229 e. The number of likely N-dealkylation sites (tertiary alicyclic amines) is 1. The lowest BCUT2D eigenvalue weighted by atomic mass is 9.70. The highest BCUT2D eigenvalue weighted by Crippen LogP contribution is 2.40. The predicted molar refractivity (Wildman–Crippen MR) is 67.9 cm³/mol. The van der Waals surface area contributed by atoms with Crippen molar-refractivity contribution in [2.75, 3.05) is 6.54 Å². The first-order chi connectivity index (χ1) is 8.60. The summed E-state index contributed by atoms with van der Waals surface area (Å²) in [7, 11) is 0. The van der Waals surface area contributed by atoms with Crippen LogP contribution in [0.1, 0.15) is 51.9 Å². The fraction of sp³-hybridized carbons (Fsp3) is 0.857. The normalized spacial score (nSPS) is 32.7. The molecule has 3 aliphatic rings. The van der Waals surface area contributed by atoms with E-state index in [0.717, 1.165) is 19.4 Å². The molecule has 0 radical (unpaired) electrons. The van der Waals surface area contributed by atoms with E-state index >= 15 is 0 Å². The topological polar surface area (TPSA) is 49.4 Å². The van der Waals surface area contributed by atoms with Crippen molar-refractivity contribution >= 4 is 11.8 Å². The fourth-order valence-electron chi connectivity index (χ4n) is 3.75. The highest BCUT2D eigenvalue weighted by molar-refractivity contribution is 5.98. The van der Waals surface area contributed by atoms with Crippen LogP contribution in [0.25, 0.3) is 0 Å². The van der Waals surface area contributed by atoms with Gasteiger partial charge in [-0.15, -0.1) is 0 Å². The summed E-state index contributed by atoms with van der Waals surface area (Å²) < 4.78 is 0. The molecule has 0 aromatic carbocycles. The molecule has 3 fully saturated rings. The minimum absolute atomic E-state index is 0.0557. The molecule has 0 bridgehead atoms. The maximum absolute atomic E-state index is 12.1. The number of hydrogen-bond donors (Lipinski definition) is 1. The molecule has 1 saturated carbocycles. The van der Waals surface area contributed by atoms with Crippen LogP contribution in [0, 0.1) is 5.92 Å². The van der Waals surface area contributed by atoms with Gasteiger partial charge in [-0.05, 0) is 44.6 Å². The van der Waals surface area contributed by atoms with E-state index in [1.807, 2.05) is 6.92 Å². The number of rotatable bonds is 1. The molecule has 4 heteroatoms. The van der Waals surface area contributed by atoms with Crippen LogP contribution in [0.2, 0.25) is 0 Å². The Morgan fingerprint density at radius 1 is 1.22 bits per heavy atom. The van der Waals surface area contributed by atoms with E-state index in [-0.39, 0.29) is 29.3 Å². The zero-order chi connectivity index (χ0) is 12.8. The highest BCUT2D eigenvalue weighted by Gasteiger charge is 2.45. The molecule has 1 spiro atoms. The molecule has 0 aromatic rings. The van der Waals surface area contributed by atoms with E-state index < -0.39 is 0 Å². The number of nitrogens with one attached hydrogen (secondary N) is 1. The van der Waals surface area contributed by atoms with Crippen LogP contribution in [0.4, 0.5) is 0 Å². The van der Waals surface area contributed by atoms with Crippen LogP contribution < -0.4 is 5.32 Å². The van der Waals surface area contributed by atoms with Gasteiger partial charge >= 0.3 is 0 Å². The van der Waals surface area contributed by atoms with E-state index in [2.05, 4.69) is 5.32 Å². The van der Waals surface area contributed by atoms with Crippen molar-refractivity contribution in [3.63, 3.8) is 0 Å². The van der Waals surface area contributed by atoms with E-state index in [4.69, 9.17) is 0 Å². The summed E-state index contributed by atoms with van der Waals surface area (Å²) >= 11 is 0. The van der Waals surface area contributed by atoms with Crippen molar-refractivity contribution < 1.29 is 9.59 Å². The molecular formula is C14H22N2O2. The summed E-state index contributed by atoms with van der Waals surface area (Å²) in [4.78, 5) is 25.8. The molecule has 1 unspecified atom stereocenters. The van der Waals surface area contributed by atoms with Gasteiger partial charge < -0.3 is 5.32 Å².